The Bertz CT molecular complexity index is 1350. The number of hydrogen-bond donors (Lipinski definition) is 1. The smallest absolute Gasteiger partial charge is 0.344 e. The van der Waals surface area contributed by atoms with Crippen molar-refractivity contribution < 1.29 is 24.2 Å². The molecule has 1 aliphatic carbocycles. The van der Waals surface area contributed by atoms with E-state index in [2.05, 4.69) is 4.99 Å². The van der Waals surface area contributed by atoms with Crippen LogP contribution in [0.3, 0.4) is 0 Å². The molecule has 4 rings (SSSR count). The predicted octanol–water partition coefficient (Wildman–Crippen LogP) is 6.44. The third kappa shape index (κ3) is 5.86. The van der Waals surface area contributed by atoms with Gasteiger partial charge >= 0.3 is 11.9 Å². The number of aliphatic hydroxyl groups excluding tert-OH is 1. The van der Waals surface area contributed by atoms with Crippen LogP contribution in [-0.2, 0) is 31.1 Å². The first-order valence-electron chi connectivity index (χ1n) is 12.8. The SMILES string of the molecule is CN=C(C)C(C(=O)OCc1ccccc1)=C(O)c1ccc(-c2ccc(C3(C(=O)OC(C)C)CC3)cc2)cc1. The first-order valence-corrected chi connectivity index (χ1v) is 12.8. The Labute approximate surface area is 223 Å². The lowest BCUT2D eigenvalue weighted by molar-refractivity contribution is -0.150. The standard InChI is InChI=1S/C32H33NO5/c1-21(2)38-31(36)32(18-19-32)27-16-14-25(15-17-27)24-10-12-26(13-11-24)29(34)28(22(3)33-4)30(35)37-20-23-8-6-5-7-9-23/h5-17,21,34H,18-20H2,1-4H3. The molecule has 0 radical (unpaired) electrons. The summed E-state index contributed by atoms with van der Waals surface area (Å²) in [5, 5.41) is 11.0. The molecule has 0 unspecified atom stereocenters. The molecule has 0 spiro atoms. The number of aliphatic hydroxyl groups is 1. The zero-order valence-corrected chi connectivity index (χ0v) is 22.2. The summed E-state index contributed by atoms with van der Waals surface area (Å²) in [6, 6.07) is 24.6. The van der Waals surface area contributed by atoms with Crippen LogP contribution in [0.1, 0.15) is 50.3 Å². The van der Waals surface area contributed by atoms with Crippen LogP contribution >= 0.6 is 0 Å². The number of ether oxygens (including phenoxy) is 2. The molecule has 0 atom stereocenters. The van der Waals surface area contributed by atoms with E-state index in [-0.39, 0.29) is 30.0 Å². The van der Waals surface area contributed by atoms with Crippen LogP contribution in [0.5, 0.6) is 0 Å². The van der Waals surface area contributed by atoms with Crippen molar-refractivity contribution in [2.45, 2.75) is 51.7 Å². The van der Waals surface area contributed by atoms with E-state index in [0.29, 0.717) is 11.3 Å². The van der Waals surface area contributed by atoms with Gasteiger partial charge in [0.25, 0.3) is 0 Å². The lowest BCUT2D eigenvalue weighted by Crippen LogP contribution is -2.25. The van der Waals surface area contributed by atoms with Gasteiger partial charge in [-0.05, 0) is 55.9 Å². The van der Waals surface area contributed by atoms with Crippen molar-refractivity contribution >= 4 is 23.4 Å². The summed E-state index contributed by atoms with van der Waals surface area (Å²) < 4.78 is 10.9. The summed E-state index contributed by atoms with van der Waals surface area (Å²) in [5.74, 6) is -0.984. The van der Waals surface area contributed by atoms with Crippen LogP contribution in [0.4, 0.5) is 0 Å². The zero-order chi connectivity index (χ0) is 27.3. The van der Waals surface area contributed by atoms with Crippen LogP contribution in [0.25, 0.3) is 16.9 Å². The van der Waals surface area contributed by atoms with Gasteiger partial charge < -0.3 is 14.6 Å². The second-order valence-electron chi connectivity index (χ2n) is 9.79. The average molecular weight is 512 g/mol. The molecule has 1 N–H and O–H groups in total. The minimum Gasteiger partial charge on any atom is -0.506 e. The van der Waals surface area contributed by atoms with E-state index >= 15 is 0 Å². The maximum Gasteiger partial charge on any atom is 0.344 e. The number of aliphatic imine (C=N–C) groups is 1. The number of carbonyl (C=O) groups is 2. The van der Waals surface area contributed by atoms with Crippen LogP contribution in [0.2, 0.25) is 0 Å². The Morgan fingerprint density at radius 2 is 1.50 bits per heavy atom. The highest BCUT2D eigenvalue weighted by atomic mass is 16.5. The number of hydrogen-bond acceptors (Lipinski definition) is 6. The molecule has 1 fully saturated rings. The number of benzene rings is 3. The van der Waals surface area contributed by atoms with E-state index < -0.39 is 11.4 Å². The maximum absolute atomic E-state index is 12.9. The van der Waals surface area contributed by atoms with Crippen molar-refractivity contribution in [2.75, 3.05) is 7.05 Å². The van der Waals surface area contributed by atoms with Crippen molar-refractivity contribution in [1.82, 2.24) is 0 Å². The summed E-state index contributed by atoms with van der Waals surface area (Å²) in [5.41, 5.74) is 4.11. The summed E-state index contributed by atoms with van der Waals surface area (Å²) in [7, 11) is 1.56. The van der Waals surface area contributed by atoms with Crippen molar-refractivity contribution in [3.8, 4) is 11.1 Å². The molecular formula is C32H33NO5. The molecular weight excluding hydrogens is 478 g/mol. The van der Waals surface area contributed by atoms with Gasteiger partial charge in [-0.1, -0.05) is 78.9 Å². The Morgan fingerprint density at radius 3 is 2.03 bits per heavy atom. The average Bonchev–Trinajstić information content (AvgIpc) is 3.75. The van der Waals surface area contributed by atoms with E-state index in [1.165, 1.54) is 0 Å². The Kier molecular flexibility index (Phi) is 8.10. The summed E-state index contributed by atoms with van der Waals surface area (Å²) >= 11 is 0. The third-order valence-corrected chi connectivity index (χ3v) is 6.76. The van der Waals surface area contributed by atoms with Gasteiger partial charge in [0.2, 0.25) is 0 Å². The monoisotopic (exact) mass is 511 g/mol. The quantitative estimate of drug-likeness (QED) is 0.155. The Hall–Kier alpha value is -4.19. The molecule has 0 saturated heterocycles. The van der Waals surface area contributed by atoms with Crippen LogP contribution in [0, 0.1) is 0 Å². The Morgan fingerprint density at radius 1 is 0.921 bits per heavy atom. The van der Waals surface area contributed by atoms with Gasteiger partial charge in [-0.3, -0.25) is 9.79 Å². The number of esters is 2. The fourth-order valence-electron chi connectivity index (χ4n) is 4.33. The second-order valence-corrected chi connectivity index (χ2v) is 9.79. The van der Waals surface area contributed by atoms with Crippen molar-refractivity contribution in [1.29, 1.82) is 0 Å². The molecule has 6 nitrogen and oxygen atoms in total. The Balaban J connectivity index is 1.52. The largest absolute Gasteiger partial charge is 0.506 e. The highest BCUT2D eigenvalue weighted by Crippen LogP contribution is 2.49. The number of nitrogens with zero attached hydrogens (tertiary/aromatic N) is 1. The minimum absolute atomic E-state index is 0.0311. The molecule has 3 aromatic rings. The molecule has 0 aliphatic heterocycles. The molecule has 6 heteroatoms. The molecule has 196 valence electrons. The molecule has 1 saturated carbocycles. The van der Waals surface area contributed by atoms with Crippen molar-refractivity contribution in [2.24, 2.45) is 4.99 Å². The van der Waals surface area contributed by atoms with Crippen molar-refractivity contribution in [3.05, 3.63) is 101 Å². The van der Waals surface area contributed by atoms with Gasteiger partial charge in [-0.25, -0.2) is 4.79 Å². The maximum atomic E-state index is 12.9. The van der Waals surface area contributed by atoms with Crippen LogP contribution in [-0.4, -0.2) is 35.9 Å². The van der Waals surface area contributed by atoms with Crippen LogP contribution in [0.15, 0.2) is 89.4 Å². The predicted molar refractivity (Wildman–Crippen MR) is 149 cm³/mol. The second kappa shape index (κ2) is 11.5. The van der Waals surface area contributed by atoms with E-state index in [1.807, 2.05) is 80.6 Å². The topological polar surface area (TPSA) is 85.2 Å². The van der Waals surface area contributed by atoms with E-state index in [0.717, 1.165) is 35.1 Å². The highest BCUT2D eigenvalue weighted by Gasteiger charge is 2.53. The van der Waals surface area contributed by atoms with E-state index in [9.17, 15) is 14.7 Å². The minimum atomic E-state index is -0.640. The number of rotatable bonds is 9. The number of carbonyl (C=O) groups excluding carboxylic acids is 2. The molecule has 0 heterocycles. The van der Waals surface area contributed by atoms with E-state index in [4.69, 9.17) is 9.47 Å². The first-order chi connectivity index (χ1) is 18.2. The zero-order valence-electron chi connectivity index (χ0n) is 22.2. The van der Waals surface area contributed by atoms with Gasteiger partial charge in [0.1, 0.15) is 17.9 Å². The molecule has 38 heavy (non-hydrogen) atoms. The molecule has 1 aliphatic rings. The van der Waals surface area contributed by atoms with Crippen molar-refractivity contribution in [3.63, 3.8) is 0 Å². The summed E-state index contributed by atoms with van der Waals surface area (Å²) in [4.78, 5) is 29.6. The lowest BCUT2D eigenvalue weighted by Gasteiger charge is -2.17. The normalized spacial score (nSPS) is 15.0. The highest BCUT2D eigenvalue weighted by molar-refractivity contribution is 6.23. The van der Waals surface area contributed by atoms with Gasteiger partial charge in [0.05, 0.1) is 11.5 Å². The summed E-state index contributed by atoms with van der Waals surface area (Å²) in [6.07, 6.45) is 1.46. The molecule has 0 bridgehead atoms. The third-order valence-electron chi connectivity index (χ3n) is 6.76. The lowest BCUT2D eigenvalue weighted by atomic mass is 9.93. The van der Waals surface area contributed by atoms with Gasteiger partial charge in [0, 0.05) is 18.3 Å². The molecule has 3 aromatic carbocycles. The molecule has 0 amide bonds. The first kappa shape index (κ1) is 26.9. The van der Waals surface area contributed by atoms with Gasteiger partial charge in [-0.15, -0.1) is 0 Å². The fraction of sp³-hybridized carbons (Fsp3) is 0.281. The van der Waals surface area contributed by atoms with Gasteiger partial charge in [0.15, 0.2) is 0 Å². The van der Waals surface area contributed by atoms with Crippen LogP contribution < -0.4 is 0 Å². The fourth-order valence-corrected chi connectivity index (χ4v) is 4.33. The molecule has 0 aromatic heterocycles. The van der Waals surface area contributed by atoms with E-state index in [1.54, 1.807) is 26.1 Å². The summed E-state index contributed by atoms with van der Waals surface area (Å²) in [6.45, 7) is 5.48. The van der Waals surface area contributed by atoms with Gasteiger partial charge in [-0.2, -0.15) is 0 Å².